The van der Waals surface area contributed by atoms with Crippen LogP contribution < -0.4 is 24.4 Å². The van der Waals surface area contributed by atoms with Crippen LogP contribution in [0, 0.1) is 0 Å². The van der Waals surface area contributed by atoms with E-state index in [1.54, 1.807) is 20.5 Å². The Kier molecular flexibility index (Phi) is 7.12. The molecule has 0 saturated carbocycles. The van der Waals surface area contributed by atoms with E-state index in [0.29, 0.717) is 74.3 Å². The average molecular weight is 494 g/mol. The van der Waals surface area contributed by atoms with Gasteiger partial charge in [0.1, 0.15) is 5.69 Å². The van der Waals surface area contributed by atoms with E-state index in [2.05, 4.69) is 30.5 Å². The minimum atomic E-state index is 0.219. The van der Waals surface area contributed by atoms with Gasteiger partial charge in [0.2, 0.25) is 11.9 Å². The number of nitrogens with zero attached hydrogens (tertiary/aromatic N) is 5. The number of hydrogen-bond acceptors (Lipinski definition) is 11. The van der Waals surface area contributed by atoms with Crippen molar-refractivity contribution in [3.05, 3.63) is 48.2 Å². The van der Waals surface area contributed by atoms with Gasteiger partial charge in [-0.05, 0) is 29.8 Å². The number of aromatic amines is 1. The SMILES string of the molecule is COc1ccc(CCOc2nc(Nc3cc(-c4ccco4)[nH]n3)nc(N3CCOCC3)n2)cc1OC. The molecule has 12 heteroatoms. The molecular formula is C24H27N7O5. The van der Waals surface area contributed by atoms with E-state index in [0.717, 1.165) is 11.3 Å². The summed E-state index contributed by atoms with van der Waals surface area (Å²) in [5.74, 6) is 3.41. The molecular weight excluding hydrogens is 466 g/mol. The molecule has 12 nitrogen and oxygen atoms in total. The zero-order valence-electron chi connectivity index (χ0n) is 20.1. The Bertz CT molecular complexity index is 1270. The van der Waals surface area contributed by atoms with Gasteiger partial charge in [-0.2, -0.15) is 20.1 Å². The van der Waals surface area contributed by atoms with Crippen LogP contribution in [0.5, 0.6) is 17.5 Å². The normalized spacial score (nSPS) is 13.4. The largest absolute Gasteiger partial charge is 0.493 e. The molecule has 4 heterocycles. The Morgan fingerprint density at radius 1 is 1.03 bits per heavy atom. The van der Waals surface area contributed by atoms with Crippen molar-refractivity contribution in [1.29, 1.82) is 0 Å². The first-order chi connectivity index (χ1) is 17.7. The van der Waals surface area contributed by atoms with Crippen LogP contribution in [0.25, 0.3) is 11.5 Å². The number of anilines is 3. The van der Waals surface area contributed by atoms with Crippen molar-refractivity contribution in [2.24, 2.45) is 0 Å². The smallest absolute Gasteiger partial charge is 0.323 e. The summed E-state index contributed by atoms with van der Waals surface area (Å²) < 4.78 is 27.5. The predicted molar refractivity (Wildman–Crippen MR) is 131 cm³/mol. The van der Waals surface area contributed by atoms with E-state index in [1.807, 2.05) is 41.3 Å². The van der Waals surface area contributed by atoms with Crippen LogP contribution in [0.3, 0.4) is 0 Å². The number of nitrogens with one attached hydrogen (secondary N) is 2. The first-order valence-electron chi connectivity index (χ1n) is 11.5. The summed E-state index contributed by atoms with van der Waals surface area (Å²) in [5, 5.41) is 10.3. The quantitative estimate of drug-likeness (QED) is 0.338. The van der Waals surface area contributed by atoms with Gasteiger partial charge in [0.05, 0.1) is 40.3 Å². The maximum absolute atomic E-state index is 5.94. The highest BCUT2D eigenvalue weighted by molar-refractivity contribution is 5.60. The summed E-state index contributed by atoms with van der Waals surface area (Å²) in [7, 11) is 3.22. The number of ether oxygens (including phenoxy) is 4. The lowest BCUT2D eigenvalue weighted by Crippen LogP contribution is -2.37. The highest BCUT2D eigenvalue weighted by Gasteiger charge is 2.18. The fraction of sp³-hybridized carbons (Fsp3) is 0.333. The molecule has 3 aromatic heterocycles. The summed E-state index contributed by atoms with van der Waals surface area (Å²) in [4.78, 5) is 15.6. The molecule has 0 spiro atoms. The highest BCUT2D eigenvalue weighted by atomic mass is 16.5. The fourth-order valence-electron chi connectivity index (χ4n) is 3.73. The molecule has 1 aliphatic heterocycles. The maximum atomic E-state index is 5.94. The molecule has 36 heavy (non-hydrogen) atoms. The van der Waals surface area contributed by atoms with Crippen molar-refractivity contribution in [3.8, 4) is 29.0 Å². The Balaban J connectivity index is 1.31. The second kappa shape index (κ2) is 11.0. The number of methoxy groups -OCH3 is 2. The molecule has 0 radical (unpaired) electrons. The van der Waals surface area contributed by atoms with E-state index >= 15 is 0 Å². The molecule has 1 fully saturated rings. The van der Waals surface area contributed by atoms with Gasteiger partial charge in [-0.15, -0.1) is 0 Å². The molecule has 5 rings (SSSR count). The van der Waals surface area contributed by atoms with Gasteiger partial charge in [0, 0.05) is 25.6 Å². The van der Waals surface area contributed by atoms with Gasteiger partial charge in [0.15, 0.2) is 23.1 Å². The Morgan fingerprint density at radius 2 is 1.89 bits per heavy atom. The molecule has 0 unspecified atom stereocenters. The third-order valence-electron chi connectivity index (χ3n) is 5.57. The first kappa shape index (κ1) is 23.4. The van der Waals surface area contributed by atoms with Gasteiger partial charge >= 0.3 is 6.01 Å². The Labute approximate surface area is 207 Å². The van der Waals surface area contributed by atoms with Crippen molar-refractivity contribution in [1.82, 2.24) is 25.1 Å². The summed E-state index contributed by atoms with van der Waals surface area (Å²) in [6, 6.07) is 11.5. The van der Waals surface area contributed by atoms with Crippen LogP contribution in [-0.4, -0.2) is 72.3 Å². The lowest BCUT2D eigenvalue weighted by atomic mass is 10.1. The maximum Gasteiger partial charge on any atom is 0.323 e. The second-order valence-electron chi connectivity index (χ2n) is 7.90. The summed E-state index contributed by atoms with van der Waals surface area (Å²) in [6.45, 7) is 2.94. The number of rotatable bonds is 10. The van der Waals surface area contributed by atoms with Crippen LogP contribution >= 0.6 is 0 Å². The number of morpholine rings is 1. The number of hydrogen-bond donors (Lipinski definition) is 2. The Hall–Kier alpha value is -4.32. The molecule has 4 aromatic rings. The van der Waals surface area contributed by atoms with Crippen LogP contribution in [0.4, 0.5) is 17.7 Å². The molecule has 2 N–H and O–H groups in total. The lowest BCUT2D eigenvalue weighted by Gasteiger charge is -2.26. The Morgan fingerprint density at radius 3 is 2.67 bits per heavy atom. The van der Waals surface area contributed by atoms with E-state index in [9.17, 15) is 0 Å². The summed E-state index contributed by atoms with van der Waals surface area (Å²) in [6.07, 6.45) is 2.24. The van der Waals surface area contributed by atoms with Crippen molar-refractivity contribution in [3.63, 3.8) is 0 Å². The van der Waals surface area contributed by atoms with Gasteiger partial charge in [-0.1, -0.05) is 6.07 Å². The molecule has 188 valence electrons. The predicted octanol–water partition coefficient (Wildman–Crippen LogP) is 3.07. The molecule has 0 bridgehead atoms. The summed E-state index contributed by atoms with van der Waals surface area (Å²) in [5.41, 5.74) is 1.77. The van der Waals surface area contributed by atoms with Crippen LogP contribution in [0.15, 0.2) is 47.1 Å². The zero-order chi connectivity index (χ0) is 24.7. The average Bonchev–Trinajstić information content (AvgIpc) is 3.61. The zero-order valence-corrected chi connectivity index (χ0v) is 20.1. The molecule has 1 aliphatic rings. The van der Waals surface area contributed by atoms with Gasteiger partial charge < -0.3 is 33.6 Å². The third kappa shape index (κ3) is 5.49. The van der Waals surface area contributed by atoms with E-state index in [4.69, 9.17) is 23.4 Å². The fourth-order valence-corrected chi connectivity index (χ4v) is 3.73. The minimum absolute atomic E-state index is 0.219. The van der Waals surface area contributed by atoms with Crippen LogP contribution in [0.1, 0.15) is 5.56 Å². The van der Waals surface area contributed by atoms with E-state index in [1.165, 1.54) is 0 Å². The monoisotopic (exact) mass is 493 g/mol. The van der Waals surface area contributed by atoms with Crippen molar-refractivity contribution in [2.45, 2.75) is 6.42 Å². The molecule has 0 atom stereocenters. The van der Waals surface area contributed by atoms with Crippen molar-refractivity contribution in [2.75, 3.05) is 57.3 Å². The lowest BCUT2D eigenvalue weighted by molar-refractivity contribution is 0.122. The van der Waals surface area contributed by atoms with E-state index < -0.39 is 0 Å². The minimum Gasteiger partial charge on any atom is -0.493 e. The van der Waals surface area contributed by atoms with Crippen LogP contribution in [-0.2, 0) is 11.2 Å². The highest BCUT2D eigenvalue weighted by Crippen LogP contribution is 2.28. The molecule has 0 amide bonds. The van der Waals surface area contributed by atoms with Gasteiger partial charge in [-0.3, -0.25) is 5.10 Å². The van der Waals surface area contributed by atoms with Gasteiger partial charge in [-0.25, -0.2) is 0 Å². The van der Waals surface area contributed by atoms with Crippen molar-refractivity contribution < 1.29 is 23.4 Å². The molecule has 1 aromatic carbocycles. The standard InChI is InChI=1S/C24H27N7O5/c1-32-19-6-5-16(14-20(19)33-2)7-11-36-24-27-22(26-23(28-24)31-8-12-34-13-9-31)25-21-15-17(29-30-21)18-4-3-10-35-18/h3-6,10,14-15H,7-9,11-13H2,1-2H3,(H2,25,26,27,28,29,30). The first-order valence-corrected chi connectivity index (χ1v) is 11.5. The number of furan rings is 1. The number of aromatic nitrogens is 5. The van der Waals surface area contributed by atoms with Gasteiger partial charge in [0.25, 0.3) is 0 Å². The second-order valence-corrected chi connectivity index (χ2v) is 7.90. The van der Waals surface area contributed by atoms with E-state index in [-0.39, 0.29) is 6.01 Å². The molecule has 0 aliphatic carbocycles. The number of H-pyrrole nitrogens is 1. The number of benzene rings is 1. The topological polar surface area (TPSA) is 133 Å². The van der Waals surface area contributed by atoms with Crippen LogP contribution in [0.2, 0.25) is 0 Å². The van der Waals surface area contributed by atoms with Crippen molar-refractivity contribution >= 4 is 17.7 Å². The molecule has 1 saturated heterocycles. The third-order valence-corrected chi connectivity index (χ3v) is 5.57. The summed E-state index contributed by atoms with van der Waals surface area (Å²) >= 11 is 0.